The van der Waals surface area contributed by atoms with E-state index in [1.165, 1.54) is 0 Å². The molecule has 1 saturated heterocycles. The van der Waals surface area contributed by atoms with Gasteiger partial charge in [-0.1, -0.05) is 23.7 Å². The molecule has 1 N–H and O–H groups in total. The molecule has 1 aliphatic rings. The van der Waals surface area contributed by atoms with Gasteiger partial charge in [-0.15, -0.1) is 0 Å². The first-order valence-electron chi connectivity index (χ1n) is 8.31. The van der Waals surface area contributed by atoms with Gasteiger partial charge in [0, 0.05) is 30.7 Å². The number of rotatable bonds is 6. The maximum Gasteiger partial charge on any atom is 0.242 e. The zero-order valence-corrected chi connectivity index (χ0v) is 14.9. The Morgan fingerprint density at radius 3 is 2.96 bits per heavy atom. The van der Waals surface area contributed by atoms with Crippen LogP contribution in [0.25, 0.3) is 0 Å². The van der Waals surface area contributed by atoms with E-state index in [1.807, 2.05) is 37.3 Å². The van der Waals surface area contributed by atoms with Crippen LogP contribution in [0.3, 0.4) is 0 Å². The van der Waals surface area contributed by atoms with Crippen LogP contribution in [0.5, 0.6) is 0 Å². The quantitative estimate of drug-likeness (QED) is 0.854. The van der Waals surface area contributed by atoms with Crippen molar-refractivity contribution in [2.75, 3.05) is 13.1 Å². The Hall–Kier alpha value is -2.34. The Morgan fingerprint density at radius 2 is 2.24 bits per heavy atom. The number of aromatic nitrogens is 2. The summed E-state index contributed by atoms with van der Waals surface area (Å²) in [5.41, 5.74) is 1.97. The first kappa shape index (κ1) is 17.5. The molecule has 1 aromatic heterocycles. The molecule has 0 aliphatic carbocycles. The van der Waals surface area contributed by atoms with Crippen molar-refractivity contribution >= 4 is 23.4 Å². The number of hydrogen-bond acceptors (Lipinski definition) is 3. The van der Waals surface area contributed by atoms with Crippen LogP contribution in [0.15, 0.2) is 36.5 Å². The standard InChI is InChI=1S/C18H21ClN4O2/c1-13-5-8-23(21-13)12-17(24)20-16-10-18(25)22(11-16)7-6-14-3-2-4-15(19)9-14/h2-5,8-9,16H,6-7,10-12H2,1H3,(H,20,24)/t16-/m0/s1. The molecule has 1 aromatic carbocycles. The van der Waals surface area contributed by atoms with E-state index >= 15 is 0 Å². The highest BCUT2D eigenvalue weighted by atomic mass is 35.5. The first-order chi connectivity index (χ1) is 12.0. The zero-order chi connectivity index (χ0) is 17.8. The van der Waals surface area contributed by atoms with Gasteiger partial charge in [0.25, 0.3) is 0 Å². The lowest BCUT2D eigenvalue weighted by Gasteiger charge is -2.17. The maximum atomic E-state index is 12.1. The second-order valence-corrected chi connectivity index (χ2v) is 6.78. The molecule has 0 radical (unpaired) electrons. The van der Waals surface area contributed by atoms with Gasteiger partial charge in [-0.2, -0.15) is 5.10 Å². The van der Waals surface area contributed by atoms with Crippen LogP contribution in [-0.2, 0) is 22.6 Å². The summed E-state index contributed by atoms with van der Waals surface area (Å²) < 4.78 is 1.60. The van der Waals surface area contributed by atoms with Gasteiger partial charge in [-0.3, -0.25) is 14.3 Å². The number of carbonyl (C=O) groups is 2. The number of benzene rings is 1. The van der Waals surface area contributed by atoms with Crippen LogP contribution >= 0.6 is 11.6 Å². The molecule has 1 fully saturated rings. The highest BCUT2D eigenvalue weighted by Gasteiger charge is 2.30. The molecule has 132 valence electrons. The summed E-state index contributed by atoms with van der Waals surface area (Å²) in [6, 6.07) is 9.35. The van der Waals surface area contributed by atoms with Gasteiger partial charge in [0.15, 0.2) is 0 Å². The minimum Gasteiger partial charge on any atom is -0.349 e. The number of halogens is 1. The summed E-state index contributed by atoms with van der Waals surface area (Å²) in [7, 11) is 0. The van der Waals surface area contributed by atoms with Crippen LogP contribution in [0, 0.1) is 6.92 Å². The van der Waals surface area contributed by atoms with Crippen LogP contribution in [0.4, 0.5) is 0 Å². The third kappa shape index (κ3) is 4.82. The summed E-state index contributed by atoms with van der Waals surface area (Å²) in [5.74, 6) is -0.0557. The third-order valence-electron chi connectivity index (χ3n) is 4.22. The Labute approximate surface area is 151 Å². The third-order valence-corrected chi connectivity index (χ3v) is 4.45. The number of amides is 2. The molecule has 2 amide bonds. The zero-order valence-electron chi connectivity index (χ0n) is 14.1. The second kappa shape index (κ2) is 7.70. The Bertz CT molecular complexity index is 774. The summed E-state index contributed by atoms with van der Waals surface area (Å²) in [6.45, 7) is 3.22. The average Bonchev–Trinajstić information content (AvgIpc) is 3.10. The molecule has 7 heteroatoms. The van der Waals surface area contributed by atoms with Gasteiger partial charge in [-0.25, -0.2) is 0 Å². The van der Waals surface area contributed by atoms with Gasteiger partial charge in [0.2, 0.25) is 11.8 Å². The van der Waals surface area contributed by atoms with Crippen LogP contribution in [0.1, 0.15) is 17.7 Å². The van der Waals surface area contributed by atoms with E-state index < -0.39 is 0 Å². The summed E-state index contributed by atoms with van der Waals surface area (Å²) in [5, 5.41) is 7.81. The van der Waals surface area contributed by atoms with Gasteiger partial charge in [0.05, 0.1) is 11.7 Å². The molecule has 0 bridgehead atoms. The van der Waals surface area contributed by atoms with Crippen molar-refractivity contribution in [3.05, 3.63) is 52.8 Å². The topological polar surface area (TPSA) is 67.2 Å². The lowest BCUT2D eigenvalue weighted by molar-refractivity contribution is -0.127. The van der Waals surface area contributed by atoms with Crippen LogP contribution in [0.2, 0.25) is 5.02 Å². The number of carbonyl (C=O) groups excluding carboxylic acids is 2. The lowest BCUT2D eigenvalue weighted by Crippen LogP contribution is -2.39. The smallest absolute Gasteiger partial charge is 0.242 e. The highest BCUT2D eigenvalue weighted by molar-refractivity contribution is 6.30. The number of nitrogens with zero attached hydrogens (tertiary/aromatic N) is 3. The SMILES string of the molecule is Cc1ccn(CC(=O)N[C@H]2CC(=O)N(CCc3cccc(Cl)c3)C2)n1. The second-order valence-electron chi connectivity index (χ2n) is 6.34. The van der Waals surface area contributed by atoms with Gasteiger partial charge >= 0.3 is 0 Å². The maximum absolute atomic E-state index is 12.1. The molecular weight excluding hydrogens is 340 g/mol. The predicted molar refractivity (Wildman–Crippen MR) is 95.2 cm³/mol. The van der Waals surface area contributed by atoms with Crippen LogP contribution < -0.4 is 5.32 Å². The van der Waals surface area contributed by atoms with Crippen molar-refractivity contribution in [1.82, 2.24) is 20.0 Å². The summed E-state index contributed by atoms with van der Waals surface area (Å²) >= 11 is 5.98. The molecule has 1 atom stereocenters. The molecule has 0 unspecified atom stereocenters. The predicted octanol–water partition coefficient (Wildman–Crippen LogP) is 1.80. The molecule has 0 saturated carbocycles. The minimum absolute atomic E-state index is 0.0715. The fraction of sp³-hybridized carbons (Fsp3) is 0.389. The normalized spacial score (nSPS) is 17.1. The number of nitrogens with one attached hydrogen (secondary N) is 1. The van der Waals surface area contributed by atoms with Crippen molar-refractivity contribution in [3.63, 3.8) is 0 Å². The number of likely N-dealkylation sites (tertiary alicyclic amines) is 1. The van der Waals surface area contributed by atoms with Crippen molar-refractivity contribution in [2.24, 2.45) is 0 Å². The molecule has 1 aliphatic heterocycles. The van der Waals surface area contributed by atoms with Crippen molar-refractivity contribution in [1.29, 1.82) is 0 Å². The van der Waals surface area contributed by atoms with Crippen molar-refractivity contribution < 1.29 is 9.59 Å². The van der Waals surface area contributed by atoms with Crippen LogP contribution in [-0.4, -0.2) is 45.6 Å². The Balaban J connectivity index is 1.47. The van der Waals surface area contributed by atoms with E-state index in [0.29, 0.717) is 24.5 Å². The Kier molecular flexibility index (Phi) is 5.38. The van der Waals surface area contributed by atoms with E-state index in [4.69, 9.17) is 11.6 Å². The van der Waals surface area contributed by atoms with Gasteiger partial charge in [0.1, 0.15) is 6.54 Å². The monoisotopic (exact) mass is 360 g/mol. The van der Waals surface area contributed by atoms with E-state index in [-0.39, 0.29) is 24.4 Å². The number of aryl methyl sites for hydroxylation is 1. The largest absolute Gasteiger partial charge is 0.349 e. The highest BCUT2D eigenvalue weighted by Crippen LogP contribution is 2.15. The van der Waals surface area contributed by atoms with E-state index in [0.717, 1.165) is 17.7 Å². The number of hydrogen-bond donors (Lipinski definition) is 1. The van der Waals surface area contributed by atoms with E-state index in [2.05, 4.69) is 10.4 Å². The van der Waals surface area contributed by atoms with Crippen molar-refractivity contribution in [2.45, 2.75) is 32.4 Å². The molecular formula is C18H21ClN4O2. The Morgan fingerprint density at radius 1 is 1.40 bits per heavy atom. The fourth-order valence-electron chi connectivity index (χ4n) is 3.01. The summed E-state index contributed by atoms with van der Waals surface area (Å²) in [4.78, 5) is 26.0. The van der Waals surface area contributed by atoms with E-state index in [9.17, 15) is 9.59 Å². The molecule has 2 aromatic rings. The molecule has 0 spiro atoms. The molecule has 25 heavy (non-hydrogen) atoms. The minimum atomic E-state index is -0.143. The van der Waals surface area contributed by atoms with E-state index in [1.54, 1.807) is 15.8 Å². The van der Waals surface area contributed by atoms with Crippen molar-refractivity contribution in [3.8, 4) is 0 Å². The molecule has 3 rings (SSSR count). The lowest BCUT2D eigenvalue weighted by atomic mass is 10.1. The fourth-order valence-corrected chi connectivity index (χ4v) is 3.23. The average molecular weight is 361 g/mol. The van der Waals surface area contributed by atoms with Gasteiger partial charge < -0.3 is 10.2 Å². The molecule has 2 heterocycles. The summed E-state index contributed by atoms with van der Waals surface area (Å²) in [6.07, 6.45) is 2.87. The van der Waals surface area contributed by atoms with Gasteiger partial charge in [-0.05, 0) is 37.1 Å². The molecule has 6 nitrogen and oxygen atoms in total. The first-order valence-corrected chi connectivity index (χ1v) is 8.69.